The third-order valence-corrected chi connectivity index (χ3v) is 9.95. The summed E-state index contributed by atoms with van der Waals surface area (Å²) in [4.78, 5) is 11.5. The number of carbonyl (C=O) groups is 1. The molecule has 0 amide bonds. The van der Waals surface area contributed by atoms with E-state index in [1.165, 1.54) is 64.9 Å². The van der Waals surface area contributed by atoms with Crippen molar-refractivity contribution in [3.8, 4) is 0 Å². The van der Waals surface area contributed by atoms with Gasteiger partial charge in [0, 0.05) is 6.42 Å². The van der Waals surface area contributed by atoms with E-state index in [-0.39, 0.29) is 12.1 Å². The third-order valence-electron chi connectivity index (χ3n) is 9.95. The lowest BCUT2D eigenvalue weighted by molar-refractivity contribution is -0.157. The smallest absolute Gasteiger partial charge is 0.305 e. The zero-order chi connectivity index (χ0) is 21.2. The molecular weight excluding hydrogens is 360 g/mol. The summed E-state index contributed by atoms with van der Waals surface area (Å²) >= 11 is 0. The standard InChI is InChI=1S/C24H40O3.C2H6/c1-23-14-12-19-17(15-21(25)20-8-4-5-13-24(19,20)2)18(23)11-10-16(23)7-6-9-22(26)27-3;1-2/h16-21,25H,4-15H2,1-3H3;1-2H3/t16?,17?,18?,19-,20?,21-,23?,24?;/m0./s1. The van der Waals surface area contributed by atoms with Gasteiger partial charge in [0.1, 0.15) is 0 Å². The molecule has 4 fully saturated rings. The second-order valence-corrected chi connectivity index (χ2v) is 10.8. The Morgan fingerprint density at radius 2 is 1.69 bits per heavy atom. The summed E-state index contributed by atoms with van der Waals surface area (Å²) in [5, 5.41) is 11.1. The highest BCUT2D eigenvalue weighted by Crippen LogP contribution is 2.67. The van der Waals surface area contributed by atoms with Crippen LogP contribution in [0, 0.1) is 40.4 Å². The fourth-order valence-corrected chi connectivity index (χ4v) is 8.53. The highest BCUT2D eigenvalue weighted by molar-refractivity contribution is 5.68. The number of carbonyl (C=O) groups excluding carboxylic acids is 1. The van der Waals surface area contributed by atoms with Gasteiger partial charge in [-0.1, -0.05) is 40.5 Å². The molecule has 1 N–H and O–H groups in total. The monoisotopic (exact) mass is 406 g/mol. The maximum absolute atomic E-state index is 11.5. The van der Waals surface area contributed by atoms with Gasteiger partial charge in [0.2, 0.25) is 0 Å². The van der Waals surface area contributed by atoms with Crippen LogP contribution in [0.4, 0.5) is 0 Å². The number of aliphatic hydroxyl groups is 1. The normalized spacial score (nSPS) is 45.9. The molecule has 168 valence electrons. The highest BCUT2D eigenvalue weighted by atomic mass is 16.5. The number of hydrogen-bond acceptors (Lipinski definition) is 3. The number of methoxy groups -OCH3 is 1. The zero-order valence-corrected chi connectivity index (χ0v) is 19.7. The first kappa shape index (κ1) is 23.1. The van der Waals surface area contributed by atoms with Crippen LogP contribution in [0.1, 0.15) is 105 Å². The van der Waals surface area contributed by atoms with Gasteiger partial charge in [0.15, 0.2) is 0 Å². The Bertz CT molecular complexity index is 560. The van der Waals surface area contributed by atoms with E-state index in [4.69, 9.17) is 4.74 Å². The Labute approximate surface area is 179 Å². The molecule has 0 radical (unpaired) electrons. The van der Waals surface area contributed by atoms with Gasteiger partial charge in [-0.05, 0) is 98.2 Å². The average Bonchev–Trinajstić information content (AvgIpc) is 3.06. The molecule has 0 aromatic carbocycles. The molecule has 0 saturated heterocycles. The van der Waals surface area contributed by atoms with Crippen LogP contribution in [0.5, 0.6) is 0 Å². The second-order valence-electron chi connectivity index (χ2n) is 10.8. The Balaban J connectivity index is 0.00000117. The summed E-state index contributed by atoms with van der Waals surface area (Å²) in [5.41, 5.74) is 0.805. The quantitative estimate of drug-likeness (QED) is 0.551. The molecule has 3 nitrogen and oxygen atoms in total. The van der Waals surface area contributed by atoms with Gasteiger partial charge in [0.05, 0.1) is 13.2 Å². The van der Waals surface area contributed by atoms with Crippen molar-refractivity contribution in [3.05, 3.63) is 0 Å². The van der Waals surface area contributed by atoms with Crippen LogP contribution in [0.15, 0.2) is 0 Å². The summed E-state index contributed by atoms with van der Waals surface area (Å²) in [6, 6.07) is 0. The lowest BCUT2D eigenvalue weighted by Gasteiger charge is -2.61. The number of fused-ring (bicyclic) bond motifs is 5. The van der Waals surface area contributed by atoms with Crippen LogP contribution < -0.4 is 0 Å². The number of aliphatic hydroxyl groups excluding tert-OH is 1. The van der Waals surface area contributed by atoms with Crippen LogP contribution in [0.2, 0.25) is 0 Å². The molecule has 4 rings (SSSR count). The predicted octanol–water partition coefficient (Wildman–Crippen LogP) is 6.38. The van der Waals surface area contributed by atoms with Crippen LogP contribution in [-0.4, -0.2) is 24.3 Å². The summed E-state index contributed by atoms with van der Waals surface area (Å²) in [6.07, 6.45) is 14.3. The van der Waals surface area contributed by atoms with E-state index in [1.54, 1.807) is 0 Å². The van der Waals surface area contributed by atoms with Crippen LogP contribution in [-0.2, 0) is 9.53 Å². The van der Waals surface area contributed by atoms with Gasteiger partial charge in [0.25, 0.3) is 0 Å². The van der Waals surface area contributed by atoms with E-state index in [9.17, 15) is 9.90 Å². The minimum absolute atomic E-state index is 0.0647. The van der Waals surface area contributed by atoms with Gasteiger partial charge in [-0.3, -0.25) is 4.79 Å². The molecule has 4 aliphatic rings. The van der Waals surface area contributed by atoms with Crippen LogP contribution >= 0.6 is 0 Å². The van der Waals surface area contributed by atoms with Crippen molar-refractivity contribution in [1.82, 2.24) is 0 Å². The van der Waals surface area contributed by atoms with E-state index in [2.05, 4.69) is 13.8 Å². The fourth-order valence-electron chi connectivity index (χ4n) is 8.53. The average molecular weight is 407 g/mol. The third kappa shape index (κ3) is 4.02. The predicted molar refractivity (Wildman–Crippen MR) is 118 cm³/mol. The van der Waals surface area contributed by atoms with Gasteiger partial charge in [-0.15, -0.1) is 0 Å². The van der Waals surface area contributed by atoms with E-state index in [0.717, 1.165) is 36.5 Å². The lowest BCUT2D eigenvalue weighted by atomic mass is 9.44. The molecule has 0 aromatic heterocycles. The van der Waals surface area contributed by atoms with Crippen molar-refractivity contribution >= 4 is 5.97 Å². The highest BCUT2D eigenvalue weighted by Gasteiger charge is 2.61. The maximum atomic E-state index is 11.5. The molecular formula is C26H46O3. The summed E-state index contributed by atoms with van der Waals surface area (Å²) in [7, 11) is 1.49. The van der Waals surface area contributed by atoms with Crippen LogP contribution in [0.3, 0.4) is 0 Å². The molecule has 4 aliphatic carbocycles. The molecule has 0 aliphatic heterocycles. The number of ether oxygens (including phenoxy) is 1. The Kier molecular flexibility index (Phi) is 7.40. The van der Waals surface area contributed by atoms with Gasteiger partial charge in [-0.2, -0.15) is 0 Å². The second kappa shape index (κ2) is 9.28. The van der Waals surface area contributed by atoms with Gasteiger partial charge < -0.3 is 9.84 Å². The number of esters is 1. The topological polar surface area (TPSA) is 46.5 Å². The van der Waals surface area contributed by atoms with Crippen molar-refractivity contribution in [2.75, 3.05) is 7.11 Å². The first-order valence-corrected chi connectivity index (χ1v) is 12.6. The van der Waals surface area contributed by atoms with Gasteiger partial charge >= 0.3 is 5.97 Å². The van der Waals surface area contributed by atoms with Crippen molar-refractivity contribution < 1.29 is 14.6 Å². The summed E-state index contributed by atoms with van der Waals surface area (Å²) < 4.78 is 4.82. The minimum Gasteiger partial charge on any atom is -0.469 e. The van der Waals surface area contributed by atoms with Gasteiger partial charge in [-0.25, -0.2) is 0 Å². The minimum atomic E-state index is -0.0720. The molecule has 0 aromatic rings. The SMILES string of the molecule is CC.COC(=O)CCCC1CCC2C3C[C@H](O)C4CCCCC4(C)[C@H]3CCC12C. The Hall–Kier alpha value is -0.570. The molecule has 8 atom stereocenters. The number of rotatable bonds is 4. The first-order chi connectivity index (χ1) is 13.9. The van der Waals surface area contributed by atoms with E-state index < -0.39 is 0 Å². The van der Waals surface area contributed by atoms with Crippen molar-refractivity contribution in [2.24, 2.45) is 40.4 Å². The molecule has 0 spiro atoms. The molecule has 0 heterocycles. The maximum Gasteiger partial charge on any atom is 0.305 e. The van der Waals surface area contributed by atoms with Crippen molar-refractivity contribution in [3.63, 3.8) is 0 Å². The van der Waals surface area contributed by atoms with Crippen LogP contribution in [0.25, 0.3) is 0 Å². The zero-order valence-electron chi connectivity index (χ0n) is 19.7. The molecule has 4 saturated carbocycles. The molecule has 0 bridgehead atoms. The van der Waals surface area contributed by atoms with Crippen molar-refractivity contribution in [1.29, 1.82) is 0 Å². The molecule has 6 unspecified atom stereocenters. The number of hydrogen-bond donors (Lipinski definition) is 1. The summed E-state index contributed by atoms with van der Waals surface area (Å²) in [6.45, 7) is 9.08. The van der Waals surface area contributed by atoms with E-state index >= 15 is 0 Å². The van der Waals surface area contributed by atoms with E-state index in [1.807, 2.05) is 13.8 Å². The molecule has 3 heteroatoms. The summed E-state index contributed by atoms with van der Waals surface area (Å²) in [5.74, 6) is 3.58. The van der Waals surface area contributed by atoms with Crippen molar-refractivity contribution in [2.45, 2.75) is 111 Å². The largest absolute Gasteiger partial charge is 0.469 e. The first-order valence-electron chi connectivity index (χ1n) is 12.6. The fraction of sp³-hybridized carbons (Fsp3) is 0.962. The lowest BCUT2D eigenvalue weighted by Crippen LogP contribution is -2.56. The molecule has 29 heavy (non-hydrogen) atoms. The van der Waals surface area contributed by atoms with E-state index in [0.29, 0.717) is 23.2 Å². The Morgan fingerprint density at radius 1 is 0.966 bits per heavy atom. The Morgan fingerprint density at radius 3 is 2.41 bits per heavy atom.